The van der Waals surface area contributed by atoms with E-state index in [1.165, 1.54) is 141 Å². The van der Waals surface area contributed by atoms with Crippen LogP contribution >= 0.6 is 0 Å². The molecule has 0 spiro atoms. The van der Waals surface area contributed by atoms with E-state index in [0.717, 1.165) is 64.3 Å². The molecule has 0 heterocycles. The number of ether oxygens (including phenoxy) is 5. The molecule has 6 nitrogen and oxygen atoms in total. The van der Waals surface area contributed by atoms with E-state index in [9.17, 15) is 4.79 Å². The lowest BCUT2D eigenvalue weighted by Gasteiger charge is -2.36. The topological polar surface area (TPSA) is 63.2 Å². The van der Waals surface area contributed by atoms with Gasteiger partial charge >= 0.3 is 0 Å². The average molecular weight is 741 g/mol. The molecule has 0 rings (SSSR count). The normalized spacial score (nSPS) is 14.1. The minimum atomic E-state index is -0.691. The molecule has 0 saturated carbocycles. The van der Waals surface area contributed by atoms with E-state index in [4.69, 9.17) is 23.7 Å². The van der Waals surface area contributed by atoms with Gasteiger partial charge in [-0.3, -0.25) is 0 Å². The second-order valence-electron chi connectivity index (χ2n) is 15.5. The van der Waals surface area contributed by atoms with Gasteiger partial charge in [-0.2, -0.15) is 0 Å². The molecule has 312 valence electrons. The third kappa shape index (κ3) is 32.9. The van der Waals surface area contributed by atoms with Crippen LogP contribution in [0.15, 0.2) is 0 Å². The van der Waals surface area contributed by atoms with Gasteiger partial charge in [-0.05, 0) is 32.1 Å². The molecule has 0 saturated heterocycles. The van der Waals surface area contributed by atoms with Crippen LogP contribution in [0.25, 0.3) is 0 Å². The molecule has 4 atom stereocenters. The van der Waals surface area contributed by atoms with Gasteiger partial charge in [0.25, 0.3) is 0 Å². The first-order valence-electron chi connectivity index (χ1n) is 23.2. The fourth-order valence-electron chi connectivity index (χ4n) is 6.85. The van der Waals surface area contributed by atoms with Crippen molar-refractivity contribution >= 4 is 6.29 Å². The van der Waals surface area contributed by atoms with E-state index in [-0.39, 0.29) is 6.10 Å². The van der Waals surface area contributed by atoms with E-state index in [0.29, 0.717) is 33.0 Å². The highest BCUT2D eigenvalue weighted by Crippen LogP contribution is 2.22. The molecule has 0 aliphatic carbocycles. The van der Waals surface area contributed by atoms with Gasteiger partial charge in [0, 0.05) is 33.0 Å². The predicted molar refractivity (Wildman–Crippen MR) is 223 cm³/mol. The standard InChI is InChI=1S/C46H92O6/c1-6-11-16-21-26-31-36-48-42-44(50-38-33-28-23-18-13-8-3)46(52-40-35-30-25-20-15-10-5)45(51-39-34-29-24-19-14-9-4)43(41-47)49-37-32-27-22-17-12-7-2/h41,43-46H,6-40,42H2,1-5H3/t43-,44+,45+,46+/m0/s1. The first kappa shape index (κ1) is 51.5. The fourth-order valence-corrected chi connectivity index (χ4v) is 6.85. The lowest BCUT2D eigenvalue weighted by Crippen LogP contribution is -2.52. The summed E-state index contributed by atoms with van der Waals surface area (Å²) in [6.45, 7) is 14.9. The van der Waals surface area contributed by atoms with E-state index >= 15 is 0 Å². The van der Waals surface area contributed by atoms with Crippen LogP contribution in [0.2, 0.25) is 0 Å². The summed E-state index contributed by atoms with van der Waals surface area (Å²) in [5.41, 5.74) is 0. The number of carbonyl (C=O) groups excluding carboxylic acids is 1. The van der Waals surface area contributed by atoms with Crippen molar-refractivity contribution in [3.05, 3.63) is 0 Å². The van der Waals surface area contributed by atoms with Crippen LogP contribution in [-0.4, -0.2) is 70.3 Å². The second kappa shape index (κ2) is 43.2. The van der Waals surface area contributed by atoms with Gasteiger partial charge in [-0.25, -0.2) is 0 Å². The summed E-state index contributed by atoms with van der Waals surface area (Å²) in [7, 11) is 0. The molecule has 0 aromatic carbocycles. The Morgan fingerprint density at radius 1 is 0.346 bits per heavy atom. The van der Waals surface area contributed by atoms with Gasteiger partial charge in [-0.15, -0.1) is 0 Å². The van der Waals surface area contributed by atoms with Gasteiger partial charge in [0.15, 0.2) is 6.29 Å². The Balaban J connectivity index is 5.92. The molecule has 0 aliphatic heterocycles. The van der Waals surface area contributed by atoms with Crippen LogP contribution in [0, 0.1) is 0 Å². The van der Waals surface area contributed by atoms with Crippen molar-refractivity contribution in [3.8, 4) is 0 Å². The molecule has 0 radical (unpaired) electrons. The number of aldehydes is 1. The van der Waals surface area contributed by atoms with Crippen molar-refractivity contribution in [1.29, 1.82) is 0 Å². The van der Waals surface area contributed by atoms with E-state index < -0.39 is 18.3 Å². The van der Waals surface area contributed by atoms with Crippen LogP contribution < -0.4 is 0 Å². The first-order valence-corrected chi connectivity index (χ1v) is 23.2. The highest BCUT2D eigenvalue weighted by Gasteiger charge is 2.38. The molecule has 0 N–H and O–H groups in total. The van der Waals surface area contributed by atoms with Gasteiger partial charge in [0.2, 0.25) is 0 Å². The molecule has 0 fully saturated rings. The number of unbranched alkanes of at least 4 members (excludes halogenated alkanes) is 25. The minimum Gasteiger partial charge on any atom is -0.379 e. The summed E-state index contributed by atoms with van der Waals surface area (Å²) in [5, 5.41) is 0. The summed E-state index contributed by atoms with van der Waals surface area (Å²) in [6, 6.07) is 0. The van der Waals surface area contributed by atoms with Crippen LogP contribution in [0.4, 0.5) is 0 Å². The zero-order valence-electron chi connectivity index (χ0n) is 35.8. The Kier molecular flexibility index (Phi) is 42.8. The molecule has 52 heavy (non-hydrogen) atoms. The Labute approximate surface area is 325 Å². The summed E-state index contributed by atoms with van der Waals surface area (Å²) in [4.78, 5) is 12.8. The predicted octanol–water partition coefficient (Wildman–Crippen LogP) is 13.5. The van der Waals surface area contributed by atoms with E-state index in [2.05, 4.69) is 34.6 Å². The molecule has 6 heteroatoms. The molecule has 0 unspecified atom stereocenters. The van der Waals surface area contributed by atoms with Crippen molar-refractivity contribution in [2.75, 3.05) is 39.6 Å². The summed E-state index contributed by atoms with van der Waals surface area (Å²) < 4.78 is 32.9. The van der Waals surface area contributed by atoms with Gasteiger partial charge in [0.05, 0.1) is 6.61 Å². The number of rotatable bonds is 45. The SMILES string of the molecule is CCCCCCCCOC[C@@H](OCCCCCCCC)[C@@H](OCCCCCCCC)[C@H](OCCCCCCCC)[C@H](C=O)OCCCCCCCC. The molecule has 0 bridgehead atoms. The second-order valence-corrected chi connectivity index (χ2v) is 15.5. The van der Waals surface area contributed by atoms with Crippen molar-refractivity contribution in [1.82, 2.24) is 0 Å². The van der Waals surface area contributed by atoms with Crippen molar-refractivity contribution in [3.63, 3.8) is 0 Å². The van der Waals surface area contributed by atoms with Crippen molar-refractivity contribution in [2.45, 2.75) is 252 Å². The molecule has 0 aliphatic rings. The lowest BCUT2D eigenvalue weighted by molar-refractivity contribution is -0.188. The van der Waals surface area contributed by atoms with Crippen LogP contribution in [0.1, 0.15) is 227 Å². The molecule has 0 amide bonds. The number of carbonyl (C=O) groups is 1. The van der Waals surface area contributed by atoms with Gasteiger partial charge < -0.3 is 28.5 Å². The maximum atomic E-state index is 12.8. The maximum Gasteiger partial charge on any atom is 0.151 e. The summed E-state index contributed by atoms with van der Waals surface area (Å²) in [5.74, 6) is 0. The van der Waals surface area contributed by atoms with Gasteiger partial charge in [0.1, 0.15) is 24.4 Å². The van der Waals surface area contributed by atoms with Crippen LogP contribution in [0.5, 0.6) is 0 Å². The van der Waals surface area contributed by atoms with E-state index in [1.54, 1.807) is 0 Å². The molecule has 0 aromatic heterocycles. The maximum absolute atomic E-state index is 12.8. The van der Waals surface area contributed by atoms with E-state index in [1.807, 2.05) is 0 Å². The Morgan fingerprint density at radius 2 is 0.654 bits per heavy atom. The van der Waals surface area contributed by atoms with Crippen LogP contribution in [-0.2, 0) is 28.5 Å². The number of hydrogen-bond acceptors (Lipinski definition) is 6. The Morgan fingerprint density at radius 3 is 1.04 bits per heavy atom. The van der Waals surface area contributed by atoms with Crippen molar-refractivity contribution < 1.29 is 28.5 Å². The third-order valence-electron chi connectivity index (χ3n) is 10.3. The quantitative estimate of drug-likeness (QED) is 0.0457. The zero-order chi connectivity index (χ0) is 38.0. The monoisotopic (exact) mass is 741 g/mol. The number of hydrogen-bond donors (Lipinski definition) is 0. The van der Waals surface area contributed by atoms with Crippen LogP contribution in [0.3, 0.4) is 0 Å². The minimum absolute atomic E-state index is 0.314. The zero-order valence-corrected chi connectivity index (χ0v) is 35.8. The largest absolute Gasteiger partial charge is 0.379 e. The summed E-state index contributed by atoms with van der Waals surface area (Å²) in [6.07, 6.45) is 35.1. The third-order valence-corrected chi connectivity index (χ3v) is 10.3. The molecular formula is C46H92O6. The smallest absolute Gasteiger partial charge is 0.151 e. The fraction of sp³-hybridized carbons (Fsp3) is 0.978. The first-order chi connectivity index (χ1) is 25.7. The highest BCUT2D eigenvalue weighted by atomic mass is 16.6. The average Bonchev–Trinajstić information content (AvgIpc) is 3.16. The highest BCUT2D eigenvalue weighted by molar-refractivity contribution is 5.57. The van der Waals surface area contributed by atoms with Gasteiger partial charge in [-0.1, -0.05) is 195 Å². The Bertz CT molecular complexity index is 675. The van der Waals surface area contributed by atoms with Crippen molar-refractivity contribution in [2.24, 2.45) is 0 Å². The molecule has 0 aromatic rings. The lowest BCUT2D eigenvalue weighted by atomic mass is 10.0. The Hall–Kier alpha value is -0.530. The summed E-state index contributed by atoms with van der Waals surface area (Å²) >= 11 is 0. The molecular weight excluding hydrogens is 649 g/mol.